The molecule has 5 heteroatoms. The molecule has 0 spiro atoms. The van der Waals surface area contributed by atoms with Crippen molar-refractivity contribution in [1.29, 1.82) is 0 Å². The summed E-state index contributed by atoms with van der Waals surface area (Å²) in [7, 11) is 0. The van der Waals surface area contributed by atoms with E-state index in [4.69, 9.17) is 4.98 Å². The first-order chi connectivity index (χ1) is 15.8. The molecule has 1 N–H and O–H groups in total. The molecule has 2 fully saturated rings. The Kier molecular flexibility index (Phi) is 7.37. The van der Waals surface area contributed by atoms with Gasteiger partial charge in [0.2, 0.25) is 0 Å². The Hall–Kier alpha value is -1.95. The summed E-state index contributed by atoms with van der Waals surface area (Å²) in [5.74, 6) is 0. The highest BCUT2D eigenvalue weighted by Gasteiger charge is 2.13. The highest BCUT2D eigenvalue weighted by atomic mass is 32.1. The van der Waals surface area contributed by atoms with Crippen LogP contribution in [0.2, 0.25) is 0 Å². The molecule has 4 nitrogen and oxygen atoms in total. The van der Waals surface area contributed by atoms with E-state index in [1.54, 1.807) is 11.3 Å². The summed E-state index contributed by atoms with van der Waals surface area (Å²) in [4.78, 5) is 10.2. The van der Waals surface area contributed by atoms with Gasteiger partial charge < -0.3 is 10.2 Å². The third-order valence-corrected chi connectivity index (χ3v) is 7.87. The minimum atomic E-state index is 1.02. The van der Waals surface area contributed by atoms with E-state index in [-0.39, 0.29) is 0 Å². The second-order valence-electron chi connectivity index (χ2n) is 9.41. The average molecular weight is 449 g/mol. The molecule has 32 heavy (non-hydrogen) atoms. The minimum absolute atomic E-state index is 1.02. The average Bonchev–Trinajstić information content (AvgIpc) is 3.33. The molecule has 0 unspecified atom stereocenters. The Morgan fingerprint density at radius 1 is 0.844 bits per heavy atom. The molecule has 2 saturated heterocycles. The van der Waals surface area contributed by atoms with Crippen molar-refractivity contribution in [2.45, 2.75) is 51.5 Å². The fourth-order valence-electron chi connectivity index (χ4n) is 5.10. The van der Waals surface area contributed by atoms with E-state index in [1.807, 2.05) is 0 Å². The highest BCUT2D eigenvalue weighted by molar-refractivity contribution is 7.17. The number of hydrogen-bond acceptors (Lipinski definition) is 5. The summed E-state index contributed by atoms with van der Waals surface area (Å²) < 4.78 is 1.27. The summed E-state index contributed by atoms with van der Waals surface area (Å²) in [6, 6.07) is 13.5. The van der Waals surface area contributed by atoms with Crippen molar-refractivity contribution in [2.75, 3.05) is 44.6 Å². The Bertz CT molecular complexity index is 985. The number of piperidine rings is 2. The van der Waals surface area contributed by atoms with Crippen LogP contribution in [0.25, 0.3) is 21.5 Å². The standard InChI is InChI=1S/C27H36N4S/c1-3-14-30(15-4-1)18-7-13-28-26-20-25(29-24-12-19-32-27(24)26)23-10-8-22(9-11-23)21-31-16-5-2-6-17-31/h8-12,19-20H,1-7,13-18,21H2,(H,28,29). The molecule has 2 aromatic heterocycles. The van der Waals surface area contributed by atoms with Crippen LogP contribution < -0.4 is 5.32 Å². The zero-order chi connectivity index (χ0) is 21.6. The van der Waals surface area contributed by atoms with Crippen LogP contribution in [0.15, 0.2) is 41.8 Å². The van der Waals surface area contributed by atoms with E-state index in [9.17, 15) is 0 Å². The largest absolute Gasteiger partial charge is 0.384 e. The first-order valence-corrected chi connectivity index (χ1v) is 13.4. The van der Waals surface area contributed by atoms with E-state index >= 15 is 0 Å². The molecule has 2 aliphatic rings. The second kappa shape index (κ2) is 10.8. The fourth-order valence-corrected chi connectivity index (χ4v) is 5.93. The number of nitrogens with zero attached hydrogens (tertiary/aromatic N) is 3. The summed E-state index contributed by atoms with van der Waals surface area (Å²) in [5.41, 5.74) is 6.01. The van der Waals surface area contributed by atoms with Gasteiger partial charge in [-0.15, -0.1) is 11.3 Å². The number of anilines is 1. The van der Waals surface area contributed by atoms with E-state index in [2.05, 4.69) is 56.9 Å². The van der Waals surface area contributed by atoms with Crippen LogP contribution in [0.3, 0.4) is 0 Å². The van der Waals surface area contributed by atoms with Crippen LogP contribution in [-0.4, -0.2) is 54.1 Å². The summed E-state index contributed by atoms with van der Waals surface area (Å²) in [5, 5.41) is 5.88. The third kappa shape index (κ3) is 5.51. The lowest BCUT2D eigenvalue weighted by atomic mass is 10.1. The number of likely N-dealkylation sites (tertiary alicyclic amines) is 2. The van der Waals surface area contributed by atoms with Crippen LogP contribution in [0, 0.1) is 0 Å². The molecule has 0 amide bonds. The van der Waals surface area contributed by atoms with Crippen LogP contribution in [0.4, 0.5) is 5.69 Å². The highest BCUT2D eigenvalue weighted by Crippen LogP contribution is 2.32. The summed E-state index contributed by atoms with van der Waals surface area (Å²) >= 11 is 1.78. The Balaban J connectivity index is 1.24. The smallest absolute Gasteiger partial charge is 0.0838 e. The van der Waals surface area contributed by atoms with Gasteiger partial charge in [0.05, 0.1) is 21.6 Å². The number of rotatable bonds is 8. The van der Waals surface area contributed by atoms with Crippen LogP contribution in [0.5, 0.6) is 0 Å². The van der Waals surface area contributed by atoms with Crippen LogP contribution in [-0.2, 0) is 6.54 Å². The van der Waals surface area contributed by atoms with Gasteiger partial charge in [0.25, 0.3) is 0 Å². The number of benzene rings is 1. The number of aromatic nitrogens is 1. The molecular weight excluding hydrogens is 412 g/mol. The lowest BCUT2D eigenvalue weighted by Crippen LogP contribution is -2.31. The molecule has 5 rings (SSSR count). The molecule has 0 bridgehead atoms. The van der Waals surface area contributed by atoms with Gasteiger partial charge >= 0.3 is 0 Å². The summed E-state index contributed by atoms with van der Waals surface area (Å²) in [6.07, 6.45) is 9.41. The van der Waals surface area contributed by atoms with Crippen molar-refractivity contribution in [3.8, 4) is 11.3 Å². The van der Waals surface area contributed by atoms with E-state index in [1.165, 1.54) is 99.2 Å². The van der Waals surface area contributed by atoms with Gasteiger partial charge in [0.15, 0.2) is 0 Å². The van der Waals surface area contributed by atoms with Crippen molar-refractivity contribution in [3.05, 3.63) is 47.3 Å². The number of thiophene rings is 1. The van der Waals surface area contributed by atoms with Gasteiger partial charge in [-0.2, -0.15) is 0 Å². The second-order valence-corrected chi connectivity index (χ2v) is 10.3. The quantitative estimate of drug-likeness (QED) is 0.414. The predicted octanol–water partition coefficient (Wildman–Crippen LogP) is 6.24. The molecule has 2 aliphatic heterocycles. The lowest BCUT2D eigenvalue weighted by Gasteiger charge is -2.26. The van der Waals surface area contributed by atoms with Gasteiger partial charge in [-0.1, -0.05) is 37.1 Å². The van der Waals surface area contributed by atoms with Crippen molar-refractivity contribution >= 4 is 27.2 Å². The maximum atomic E-state index is 4.96. The van der Waals surface area contributed by atoms with Gasteiger partial charge in [-0.05, 0) is 87.9 Å². The zero-order valence-electron chi connectivity index (χ0n) is 19.2. The first kappa shape index (κ1) is 21.9. The van der Waals surface area contributed by atoms with Crippen molar-refractivity contribution < 1.29 is 0 Å². The molecule has 0 atom stereocenters. The van der Waals surface area contributed by atoms with Crippen LogP contribution in [0.1, 0.15) is 50.5 Å². The molecular formula is C27H36N4S. The Labute approximate surface area is 196 Å². The van der Waals surface area contributed by atoms with Crippen LogP contribution >= 0.6 is 11.3 Å². The van der Waals surface area contributed by atoms with Gasteiger partial charge in [0.1, 0.15) is 0 Å². The SMILES string of the molecule is c1cc2nc(-c3ccc(CN4CCCCC4)cc3)cc(NCCCN3CCCCC3)c2s1. The van der Waals surface area contributed by atoms with Crippen molar-refractivity contribution in [2.24, 2.45) is 0 Å². The Morgan fingerprint density at radius 3 is 2.31 bits per heavy atom. The zero-order valence-corrected chi connectivity index (χ0v) is 20.0. The van der Waals surface area contributed by atoms with E-state index in [0.29, 0.717) is 0 Å². The normalized spacial score (nSPS) is 18.2. The molecule has 0 radical (unpaired) electrons. The van der Waals surface area contributed by atoms with Gasteiger partial charge in [-0.3, -0.25) is 4.90 Å². The van der Waals surface area contributed by atoms with E-state index < -0.39 is 0 Å². The maximum absolute atomic E-state index is 4.96. The molecule has 4 heterocycles. The molecule has 1 aromatic carbocycles. The van der Waals surface area contributed by atoms with Gasteiger partial charge in [-0.25, -0.2) is 4.98 Å². The molecule has 0 aliphatic carbocycles. The Morgan fingerprint density at radius 2 is 1.56 bits per heavy atom. The fraction of sp³-hybridized carbons (Fsp3) is 0.519. The third-order valence-electron chi connectivity index (χ3n) is 6.93. The molecule has 3 aromatic rings. The van der Waals surface area contributed by atoms with E-state index in [0.717, 1.165) is 24.3 Å². The first-order valence-electron chi connectivity index (χ1n) is 12.5. The molecule has 0 saturated carbocycles. The molecule has 170 valence electrons. The number of hydrogen-bond donors (Lipinski definition) is 1. The van der Waals surface area contributed by atoms with Crippen molar-refractivity contribution in [1.82, 2.24) is 14.8 Å². The number of pyridine rings is 1. The maximum Gasteiger partial charge on any atom is 0.0838 e. The van der Waals surface area contributed by atoms with Gasteiger partial charge in [0, 0.05) is 18.7 Å². The van der Waals surface area contributed by atoms with Crippen molar-refractivity contribution in [3.63, 3.8) is 0 Å². The number of nitrogens with one attached hydrogen (secondary N) is 1. The minimum Gasteiger partial charge on any atom is -0.384 e. The monoisotopic (exact) mass is 448 g/mol. The lowest BCUT2D eigenvalue weighted by molar-refractivity contribution is 0.221. The summed E-state index contributed by atoms with van der Waals surface area (Å²) in [6.45, 7) is 8.33. The topological polar surface area (TPSA) is 31.4 Å². The predicted molar refractivity (Wildman–Crippen MR) is 138 cm³/mol. The number of fused-ring (bicyclic) bond motifs is 1.